The Morgan fingerprint density at radius 3 is 2.89 bits per heavy atom. The third-order valence-corrected chi connectivity index (χ3v) is 3.58. The molecule has 1 heterocycles. The molecule has 0 radical (unpaired) electrons. The summed E-state index contributed by atoms with van der Waals surface area (Å²) in [6.07, 6.45) is 5.44. The number of fused-ring (bicyclic) bond motifs is 1. The molecule has 1 saturated carbocycles. The molecule has 0 aromatic heterocycles. The summed E-state index contributed by atoms with van der Waals surface area (Å²) < 4.78 is 6.73. The summed E-state index contributed by atoms with van der Waals surface area (Å²) in [4.78, 5) is 0. The first kappa shape index (κ1) is 6.40. The highest BCUT2D eigenvalue weighted by Crippen LogP contribution is 2.39. The number of hydrogen-bond donors (Lipinski definition) is 0. The van der Waals surface area contributed by atoms with Crippen molar-refractivity contribution in [1.82, 2.24) is 0 Å². The molecule has 2 aliphatic rings. The molecule has 2 rings (SSSR count). The summed E-state index contributed by atoms with van der Waals surface area (Å²) in [6, 6.07) is 0. The van der Waals surface area contributed by atoms with Crippen molar-refractivity contribution < 1.29 is 4.74 Å². The van der Waals surface area contributed by atoms with Crippen molar-refractivity contribution in [3.8, 4) is 0 Å². The zero-order chi connectivity index (χ0) is 6.27. The minimum Gasteiger partial charge on any atom is -0.370 e. The number of halogens is 1. The van der Waals surface area contributed by atoms with Crippen molar-refractivity contribution in [1.29, 1.82) is 0 Å². The Balaban J connectivity index is 1.86. The average molecular weight is 238 g/mol. The van der Waals surface area contributed by atoms with E-state index in [4.69, 9.17) is 4.74 Å². The number of hydrogen-bond acceptors (Lipinski definition) is 1. The Bertz CT molecular complexity index is 115. The van der Waals surface area contributed by atoms with Gasteiger partial charge in [-0.15, -0.1) is 0 Å². The molecule has 1 aliphatic carbocycles. The van der Waals surface area contributed by atoms with Gasteiger partial charge in [-0.3, -0.25) is 0 Å². The van der Waals surface area contributed by atoms with Crippen LogP contribution in [0.2, 0.25) is 0 Å². The topological polar surface area (TPSA) is 12.5 Å². The summed E-state index contributed by atoms with van der Waals surface area (Å²) in [5.74, 6) is 0.967. The standard InChI is InChI=1S/C7H11IO/c8-4-5-1-2-6-7(3-5)9-6/h5-7H,1-4H2. The number of ether oxygens (including phenoxy) is 1. The summed E-state index contributed by atoms with van der Waals surface area (Å²) in [7, 11) is 0. The molecule has 0 bridgehead atoms. The predicted octanol–water partition coefficient (Wildman–Crippen LogP) is 1.99. The van der Waals surface area contributed by atoms with Crippen LogP contribution in [0.1, 0.15) is 19.3 Å². The molecule has 3 atom stereocenters. The second-order valence-corrected chi connectivity index (χ2v) is 3.93. The lowest BCUT2D eigenvalue weighted by atomic mass is 9.91. The molecule has 1 nitrogen and oxygen atoms in total. The highest BCUT2D eigenvalue weighted by molar-refractivity contribution is 14.1. The van der Waals surface area contributed by atoms with Gasteiger partial charge in [0.15, 0.2) is 0 Å². The highest BCUT2D eigenvalue weighted by atomic mass is 127. The maximum absolute atomic E-state index is 5.41. The van der Waals surface area contributed by atoms with Gasteiger partial charge in [-0.05, 0) is 25.2 Å². The summed E-state index contributed by atoms with van der Waals surface area (Å²) >= 11 is 2.48. The lowest BCUT2D eigenvalue weighted by Gasteiger charge is -2.14. The van der Waals surface area contributed by atoms with Crippen LogP contribution in [0.4, 0.5) is 0 Å². The van der Waals surface area contributed by atoms with E-state index in [1.165, 1.54) is 23.7 Å². The van der Waals surface area contributed by atoms with Crippen LogP contribution >= 0.6 is 22.6 Å². The van der Waals surface area contributed by atoms with E-state index in [0.29, 0.717) is 12.2 Å². The van der Waals surface area contributed by atoms with Gasteiger partial charge in [-0.25, -0.2) is 0 Å². The Hall–Kier alpha value is 0.690. The fraction of sp³-hybridized carbons (Fsp3) is 1.00. The van der Waals surface area contributed by atoms with Gasteiger partial charge in [-0.1, -0.05) is 22.6 Å². The third kappa shape index (κ3) is 1.24. The van der Waals surface area contributed by atoms with E-state index < -0.39 is 0 Å². The average Bonchev–Trinajstić information content (AvgIpc) is 2.64. The predicted molar refractivity (Wildman–Crippen MR) is 44.9 cm³/mol. The Morgan fingerprint density at radius 2 is 2.22 bits per heavy atom. The van der Waals surface area contributed by atoms with Crippen LogP contribution in [0.15, 0.2) is 0 Å². The first-order chi connectivity index (χ1) is 4.40. The van der Waals surface area contributed by atoms with Crippen LogP contribution in [0.3, 0.4) is 0 Å². The van der Waals surface area contributed by atoms with Gasteiger partial charge >= 0.3 is 0 Å². The second-order valence-electron chi connectivity index (χ2n) is 3.05. The van der Waals surface area contributed by atoms with E-state index in [2.05, 4.69) is 22.6 Å². The van der Waals surface area contributed by atoms with E-state index in [1.807, 2.05) is 0 Å². The second kappa shape index (κ2) is 2.38. The van der Waals surface area contributed by atoms with Gasteiger partial charge in [0.05, 0.1) is 12.2 Å². The normalized spacial score (nSPS) is 48.3. The van der Waals surface area contributed by atoms with Crippen LogP contribution in [-0.4, -0.2) is 16.6 Å². The molecule has 2 heteroatoms. The van der Waals surface area contributed by atoms with Crippen LogP contribution in [-0.2, 0) is 4.74 Å². The molecule has 0 aromatic rings. The molecule has 1 aliphatic heterocycles. The first-order valence-electron chi connectivity index (χ1n) is 3.61. The Kier molecular flexibility index (Phi) is 1.69. The number of epoxide rings is 1. The van der Waals surface area contributed by atoms with Gasteiger partial charge in [0.2, 0.25) is 0 Å². The van der Waals surface area contributed by atoms with Crippen LogP contribution in [0.5, 0.6) is 0 Å². The molecule has 0 amide bonds. The van der Waals surface area contributed by atoms with Crippen molar-refractivity contribution >= 4 is 22.6 Å². The summed E-state index contributed by atoms with van der Waals surface area (Å²) in [6.45, 7) is 0. The molecular formula is C7H11IO. The third-order valence-electron chi connectivity index (χ3n) is 2.33. The van der Waals surface area contributed by atoms with E-state index in [9.17, 15) is 0 Å². The molecule has 2 fully saturated rings. The molecule has 1 saturated heterocycles. The first-order valence-corrected chi connectivity index (χ1v) is 5.14. The zero-order valence-corrected chi connectivity index (χ0v) is 7.50. The maximum Gasteiger partial charge on any atom is 0.0844 e. The lowest BCUT2D eigenvalue weighted by molar-refractivity contribution is 0.368. The Morgan fingerprint density at radius 1 is 1.33 bits per heavy atom. The van der Waals surface area contributed by atoms with E-state index in [0.717, 1.165) is 5.92 Å². The monoisotopic (exact) mass is 238 g/mol. The molecule has 52 valence electrons. The largest absolute Gasteiger partial charge is 0.370 e. The van der Waals surface area contributed by atoms with Crippen molar-refractivity contribution in [3.63, 3.8) is 0 Å². The fourth-order valence-corrected chi connectivity index (χ4v) is 2.43. The van der Waals surface area contributed by atoms with Crippen molar-refractivity contribution in [3.05, 3.63) is 0 Å². The molecule has 0 N–H and O–H groups in total. The lowest BCUT2D eigenvalue weighted by Crippen LogP contribution is -2.13. The van der Waals surface area contributed by atoms with Crippen LogP contribution in [0.25, 0.3) is 0 Å². The van der Waals surface area contributed by atoms with Gasteiger partial charge in [0.25, 0.3) is 0 Å². The van der Waals surface area contributed by atoms with Crippen molar-refractivity contribution in [2.75, 3.05) is 4.43 Å². The smallest absolute Gasteiger partial charge is 0.0844 e. The van der Waals surface area contributed by atoms with Gasteiger partial charge in [-0.2, -0.15) is 0 Å². The molecule has 0 aromatic carbocycles. The summed E-state index contributed by atoms with van der Waals surface area (Å²) in [5, 5.41) is 0. The van der Waals surface area contributed by atoms with E-state index >= 15 is 0 Å². The molecular weight excluding hydrogens is 227 g/mol. The van der Waals surface area contributed by atoms with Crippen LogP contribution in [0, 0.1) is 5.92 Å². The van der Waals surface area contributed by atoms with Gasteiger partial charge < -0.3 is 4.74 Å². The van der Waals surface area contributed by atoms with Gasteiger partial charge in [0.1, 0.15) is 0 Å². The minimum absolute atomic E-state index is 0.679. The minimum atomic E-state index is 0.679. The molecule has 0 spiro atoms. The Labute approximate surface area is 69.3 Å². The van der Waals surface area contributed by atoms with Crippen molar-refractivity contribution in [2.45, 2.75) is 31.5 Å². The molecule has 3 unspecified atom stereocenters. The quantitative estimate of drug-likeness (QED) is 0.386. The summed E-state index contributed by atoms with van der Waals surface area (Å²) in [5.41, 5.74) is 0. The van der Waals surface area contributed by atoms with E-state index in [1.54, 1.807) is 0 Å². The zero-order valence-electron chi connectivity index (χ0n) is 5.35. The number of alkyl halides is 1. The van der Waals surface area contributed by atoms with Crippen LogP contribution < -0.4 is 0 Å². The SMILES string of the molecule is ICC1CCC2OC2C1. The van der Waals surface area contributed by atoms with E-state index in [-0.39, 0.29) is 0 Å². The fourth-order valence-electron chi connectivity index (χ4n) is 1.63. The number of rotatable bonds is 1. The van der Waals surface area contributed by atoms with Crippen molar-refractivity contribution in [2.24, 2.45) is 5.92 Å². The van der Waals surface area contributed by atoms with Gasteiger partial charge in [0, 0.05) is 4.43 Å². The molecule has 9 heavy (non-hydrogen) atoms. The maximum atomic E-state index is 5.41. The highest BCUT2D eigenvalue weighted by Gasteiger charge is 2.43.